The van der Waals surface area contributed by atoms with E-state index in [9.17, 15) is 0 Å². The van der Waals surface area contributed by atoms with E-state index in [1.54, 1.807) is 0 Å². The summed E-state index contributed by atoms with van der Waals surface area (Å²) in [6.45, 7) is 20.0. The Morgan fingerprint density at radius 1 is 1.16 bits per heavy atom. The summed E-state index contributed by atoms with van der Waals surface area (Å²) in [5.41, 5.74) is 1.01. The van der Waals surface area contributed by atoms with E-state index in [2.05, 4.69) is 58.7 Å². The second-order valence-electron chi connectivity index (χ2n) is 8.50. The van der Waals surface area contributed by atoms with Gasteiger partial charge in [-0.1, -0.05) is 20.3 Å². The van der Waals surface area contributed by atoms with Gasteiger partial charge in [0.15, 0.2) is 0 Å². The molecule has 2 heteroatoms. The van der Waals surface area contributed by atoms with Crippen LogP contribution in [0.1, 0.15) is 74.1 Å². The number of rotatable bonds is 6. The van der Waals surface area contributed by atoms with E-state index in [0.29, 0.717) is 11.0 Å². The van der Waals surface area contributed by atoms with Gasteiger partial charge in [0, 0.05) is 24.2 Å². The Labute approximate surface area is 121 Å². The molecule has 0 spiro atoms. The van der Waals surface area contributed by atoms with E-state index in [-0.39, 0.29) is 5.54 Å². The molecule has 1 atom stereocenters. The molecule has 114 valence electrons. The fourth-order valence-electron chi connectivity index (χ4n) is 3.22. The normalized spacial score (nSPS) is 23.5. The lowest BCUT2D eigenvalue weighted by Gasteiger charge is -2.41. The highest BCUT2D eigenvalue weighted by Gasteiger charge is 2.37. The predicted molar refractivity (Wildman–Crippen MR) is 85.7 cm³/mol. The molecule has 19 heavy (non-hydrogen) atoms. The number of nitrogens with one attached hydrogen (secondary N) is 1. The number of nitrogens with zero attached hydrogens (tertiary/aromatic N) is 1. The van der Waals surface area contributed by atoms with E-state index < -0.39 is 0 Å². The van der Waals surface area contributed by atoms with Crippen molar-refractivity contribution in [3.8, 4) is 0 Å². The molecule has 0 aromatic carbocycles. The fourth-order valence-corrected chi connectivity index (χ4v) is 3.22. The molecule has 1 saturated heterocycles. The standard InChI is InChI=1S/C17H36N2/c1-8-10-17(7,13-18-15(2,3)4)14-19-12-9-11-16(19,5)6/h18H,8-14H2,1-7H3. The Balaban J connectivity index is 2.65. The smallest absolute Gasteiger partial charge is 0.0153 e. The van der Waals surface area contributed by atoms with Crippen LogP contribution in [0.25, 0.3) is 0 Å². The minimum atomic E-state index is 0.218. The van der Waals surface area contributed by atoms with Gasteiger partial charge >= 0.3 is 0 Å². The third-order valence-electron chi connectivity index (χ3n) is 4.54. The van der Waals surface area contributed by atoms with Crippen LogP contribution in [0.15, 0.2) is 0 Å². The third kappa shape index (κ3) is 5.43. The molecule has 1 N–H and O–H groups in total. The Hall–Kier alpha value is -0.0800. The minimum Gasteiger partial charge on any atom is -0.311 e. The van der Waals surface area contributed by atoms with Gasteiger partial charge < -0.3 is 5.32 Å². The quantitative estimate of drug-likeness (QED) is 0.781. The summed E-state index contributed by atoms with van der Waals surface area (Å²) in [7, 11) is 0. The Bertz CT molecular complexity index is 277. The maximum absolute atomic E-state index is 3.72. The molecule has 0 bridgehead atoms. The Morgan fingerprint density at radius 3 is 2.21 bits per heavy atom. The van der Waals surface area contributed by atoms with Crippen LogP contribution in [-0.2, 0) is 0 Å². The highest BCUT2D eigenvalue weighted by molar-refractivity contribution is 4.93. The average Bonchev–Trinajstić information content (AvgIpc) is 2.55. The zero-order valence-corrected chi connectivity index (χ0v) is 14.4. The van der Waals surface area contributed by atoms with Crippen LogP contribution in [0.2, 0.25) is 0 Å². The molecule has 0 aliphatic carbocycles. The highest BCUT2D eigenvalue weighted by Crippen LogP contribution is 2.33. The van der Waals surface area contributed by atoms with Gasteiger partial charge in [0.2, 0.25) is 0 Å². The number of hydrogen-bond acceptors (Lipinski definition) is 2. The lowest BCUT2D eigenvalue weighted by atomic mass is 9.83. The van der Waals surface area contributed by atoms with E-state index in [1.165, 1.54) is 38.8 Å². The van der Waals surface area contributed by atoms with Gasteiger partial charge in [0.25, 0.3) is 0 Å². The lowest BCUT2D eigenvalue weighted by molar-refractivity contribution is 0.0923. The Morgan fingerprint density at radius 2 is 1.79 bits per heavy atom. The van der Waals surface area contributed by atoms with Crippen molar-refractivity contribution >= 4 is 0 Å². The summed E-state index contributed by atoms with van der Waals surface area (Å²) in [5, 5.41) is 3.72. The van der Waals surface area contributed by atoms with E-state index in [1.807, 2.05) is 0 Å². The van der Waals surface area contributed by atoms with Crippen LogP contribution in [0.4, 0.5) is 0 Å². The van der Waals surface area contributed by atoms with Gasteiger partial charge in [0.1, 0.15) is 0 Å². The molecule has 1 aliphatic rings. The summed E-state index contributed by atoms with van der Waals surface area (Å²) in [5.74, 6) is 0. The monoisotopic (exact) mass is 268 g/mol. The van der Waals surface area contributed by atoms with E-state index in [4.69, 9.17) is 0 Å². The molecular formula is C17H36N2. The maximum atomic E-state index is 3.72. The molecule has 2 nitrogen and oxygen atoms in total. The van der Waals surface area contributed by atoms with Crippen molar-refractivity contribution in [3.05, 3.63) is 0 Å². The van der Waals surface area contributed by atoms with Gasteiger partial charge in [-0.15, -0.1) is 0 Å². The molecule has 0 radical (unpaired) electrons. The molecule has 1 aliphatic heterocycles. The largest absolute Gasteiger partial charge is 0.311 e. The first-order valence-electron chi connectivity index (χ1n) is 8.08. The molecule has 1 rings (SSSR count). The van der Waals surface area contributed by atoms with Crippen molar-refractivity contribution in [1.82, 2.24) is 10.2 Å². The predicted octanol–water partition coefficient (Wildman–Crippen LogP) is 4.06. The maximum Gasteiger partial charge on any atom is 0.0153 e. The summed E-state index contributed by atoms with van der Waals surface area (Å²) in [6.07, 6.45) is 5.29. The average molecular weight is 268 g/mol. The SMILES string of the molecule is CCCC(C)(CNC(C)(C)C)CN1CCCC1(C)C. The van der Waals surface area contributed by atoms with Crippen LogP contribution in [0, 0.1) is 5.41 Å². The number of hydrogen-bond donors (Lipinski definition) is 1. The summed E-state index contributed by atoms with van der Waals surface area (Å²) in [6, 6.07) is 0. The fraction of sp³-hybridized carbons (Fsp3) is 1.00. The van der Waals surface area contributed by atoms with Crippen LogP contribution in [-0.4, -0.2) is 35.6 Å². The van der Waals surface area contributed by atoms with Gasteiger partial charge in [-0.2, -0.15) is 0 Å². The lowest BCUT2D eigenvalue weighted by Crippen LogP contribution is -2.50. The van der Waals surface area contributed by atoms with Crippen molar-refractivity contribution in [2.24, 2.45) is 5.41 Å². The van der Waals surface area contributed by atoms with Gasteiger partial charge in [-0.05, 0) is 65.8 Å². The van der Waals surface area contributed by atoms with Gasteiger partial charge in [0.05, 0.1) is 0 Å². The zero-order valence-electron chi connectivity index (χ0n) is 14.4. The minimum absolute atomic E-state index is 0.218. The van der Waals surface area contributed by atoms with Crippen LogP contribution in [0.5, 0.6) is 0 Å². The molecule has 0 amide bonds. The summed E-state index contributed by atoms with van der Waals surface area (Å²) >= 11 is 0. The van der Waals surface area contributed by atoms with Crippen LogP contribution < -0.4 is 5.32 Å². The van der Waals surface area contributed by atoms with Crippen LogP contribution in [0.3, 0.4) is 0 Å². The van der Waals surface area contributed by atoms with E-state index in [0.717, 1.165) is 6.54 Å². The first-order valence-corrected chi connectivity index (χ1v) is 8.08. The Kier molecular flexibility index (Phi) is 5.48. The summed E-state index contributed by atoms with van der Waals surface area (Å²) < 4.78 is 0. The molecule has 0 saturated carbocycles. The molecule has 1 heterocycles. The van der Waals surface area contributed by atoms with E-state index >= 15 is 0 Å². The molecule has 1 fully saturated rings. The number of likely N-dealkylation sites (tertiary alicyclic amines) is 1. The van der Waals surface area contributed by atoms with Crippen molar-refractivity contribution in [1.29, 1.82) is 0 Å². The molecule has 0 aromatic rings. The molecular weight excluding hydrogens is 232 g/mol. The molecule has 0 aromatic heterocycles. The van der Waals surface area contributed by atoms with Crippen LogP contribution >= 0.6 is 0 Å². The van der Waals surface area contributed by atoms with Crippen molar-refractivity contribution in [2.75, 3.05) is 19.6 Å². The highest BCUT2D eigenvalue weighted by atomic mass is 15.2. The third-order valence-corrected chi connectivity index (χ3v) is 4.54. The topological polar surface area (TPSA) is 15.3 Å². The first-order chi connectivity index (χ1) is 8.58. The van der Waals surface area contributed by atoms with Crippen molar-refractivity contribution < 1.29 is 0 Å². The van der Waals surface area contributed by atoms with Gasteiger partial charge in [-0.25, -0.2) is 0 Å². The van der Waals surface area contributed by atoms with Crippen molar-refractivity contribution in [2.45, 2.75) is 85.2 Å². The summed E-state index contributed by atoms with van der Waals surface area (Å²) in [4.78, 5) is 2.72. The molecule has 1 unspecified atom stereocenters. The second-order valence-corrected chi connectivity index (χ2v) is 8.50. The first kappa shape index (κ1) is 17.0. The van der Waals surface area contributed by atoms with Crippen molar-refractivity contribution in [3.63, 3.8) is 0 Å². The zero-order chi connectivity index (χ0) is 14.7. The second kappa shape index (κ2) is 6.13. The van der Waals surface area contributed by atoms with Gasteiger partial charge in [-0.3, -0.25) is 4.90 Å².